The van der Waals surface area contributed by atoms with Gasteiger partial charge in [0, 0.05) is 16.7 Å². The maximum atomic E-state index is 10.7. The highest BCUT2D eigenvalue weighted by molar-refractivity contribution is 5.92. The van der Waals surface area contributed by atoms with E-state index in [1.54, 1.807) is 12.1 Å². The Labute approximate surface area is 175 Å². The fraction of sp³-hybridized carbons (Fsp3) is 0. The first-order valence-corrected chi connectivity index (χ1v) is 9.37. The summed E-state index contributed by atoms with van der Waals surface area (Å²) in [5.74, 6) is 2.53. The Morgan fingerprint density at radius 3 is 1.70 bits per heavy atom. The fourth-order valence-electron chi connectivity index (χ4n) is 3.56. The maximum absolute atomic E-state index is 10.7. The summed E-state index contributed by atoms with van der Waals surface area (Å²) < 4.78 is 0. The number of aromatic hydroxyl groups is 2. The van der Waals surface area contributed by atoms with Crippen LogP contribution in [-0.4, -0.2) is 10.2 Å². The van der Waals surface area contributed by atoms with E-state index in [2.05, 4.69) is 5.92 Å². The van der Waals surface area contributed by atoms with Crippen molar-refractivity contribution < 1.29 is 10.2 Å². The summed E-state index contributed by atoms with van der Waals surface area (Å²) in [6.45, 7) is 0. The summed E-state index contributed by atoms with van der Waals surface area (Å²) >= 11 is 0. The topological polar surface area (TPSA) is 92.5 Å². The van der Waals surface area contributed by atoms with Crippen LogP contribution in [0.5, 0.6) is 11.5 Å². The van der Waals surface area contributed by atoms with Crippen molar-refractivity contribution in [3.8, 4) is 57.2 Å². The van der Waals surface area contributed by atoms with Crippen LogP contribution in [0.25, 0.3) is 33.4 Å². The second-order valence-electron chi connectivity index (χ2n) is 6.95. The van der Waals surface area contributed by atoms with Crippen molar-refractivity contribution in [3.05, 3.63) is 84.4 Å². The minimum absolute atomic E-state index is 0.00207. The molecule has 4 rings (SSSR count). The largest absolute Gasteiger partial charge is 0.505 e. The number of phenols is 2. The van der Waals surface area contributed by atoms with Crippen LogP contribution in [0.2, 0.25) is 0 Å². The second kappa shape index (κ2) is 7.57. The van der Waals surface area contributed by atoms with Gasteiger partial charge in [0.25, 0.3) is 0 Å². The van der Waals surface area contributed by atoms with E-state index in [-0.39, 0.29) is 22.9 Å². The lowest BCUT2D eigenvalue weighted by Gasteiger charge is -2.17. The molecule has 0 aromatic heterocycles. The van der Waals surface area contributed by atoms with Gasteiger partial charge in [0.1, 0.15) is 11.5 Å². The molecule has 4 aromatic rings. The Balaban J connectivity index is 2.00. The average Bonchev–Trinajstić information content (AvgIpc) is 2.78. The van der Waals surface area contributed by atoms with Crippen LogP contribution in [0.1, 0.15) is 5.56 Å². The standard InChI is InChI=1S/C26H20N2O2/c1-2-19-20(15-22(26(30)24(19)28)17-11-7-4-8-12-17)18-13-21(25(29)23(27)14-18)16-9-5-3-6-10-16/h1,3-15,29-30H,27-28H2. The second-order valence-corrected chi connectivity index (χ2v) is 6.95. The predicted octanol–water partition coefficient (Wildman–Crippen LogP) is 5.24. The van der Waals surface area contributed by atoms with Crippen molar-refractivity contribution in [1.82, 2.24) is 0 Å². The van der Waals surface area contributed by atoms with Crippen LogP contribution in [0.3, 0.4) is 0 Å². The summed E-state index contributed by atoms with van der Waals surface area (Å²) in [6.07, 6.45) is 5.74. The number of phenolic OH excluding ortho intramolecular Hbond substituents is 2. The molecule has 0 heterocycles. The van der Waals surface area contributed by atoms with E-state index in [9.17, 15) is 10.2 Å². The van der Waals surface area contributed by atoms with E-state index < -0.39 is 0 Å². The minimum atomic E-state index is -0.0621. The first kappa shape index (κ1) is 19.0. The number of rotatable bonds is 3. The molecular formula is C26H20N2O2. The molecule has 30 heavy (non-hydrogen) atoms. The van der Waals surface area contributed by atoms with Crippen molar-refractivity contribution in [3.63, 3.8) is 0 Å². The Bertz CT molecular complexity index is 1270. The number of nitrogens with two attached hydrogens (primary N) is 2. The Kier molecular flexibility index (Phi) is 4.79. The molecule has 4 nitrogen and oxygen atoms in total. The summed E-state index contributed by atoms with van der Waals surface area (Å²) in [6, 6.07) is 24.2. The average molecular weight is 392 g/mol. The van der Waals surface area contributed by atoms with Crippen molar-refractivity contribution in [2.45, 2.75) is 0 Å². The molecule has 0 aliphatic rings. The van der Waals surface area contributed by atoms with Crippen LogP contribution in [-0.2, 0) is 0 Å². The van der Waals surface area contributed by atoms with Gasteiger partial charge < -0.3 is 21.7 Å². The molecule has 4 heteroatoms. The molecule has 0 aliphatic heterocycles. The van der Waals surface area contributed by atoms with Gasteiger partial charge in [-0.1, -0.05) is 66.6 Å². The highest BCUT2D eigenvalue weighted by atomic mass is 16.3. The number of hydrogen-bond acceptors (Lipinski definition) is 4. The summed E-state index contributed by atoms with van der Waals surface area (Å²) in [7, 11) is 0. The Morgan fingerprint density at radius 2 is 1.17 bits per heavy atom. The van der Waals surface area contributed by atoms with E-state index in [1.807, 2.05) is 66.7 Å². The zero-order chi connectivity index (χ0) is 21.3. The van der Waals surface area contributed by atoms with Gasteiger partial charge in [0.2, 0.25) is 0 Å². The van der Waals surface area contributed by atoms with Crippen LogP contribution in [0.4, 0.5) is 11.4 Å². The first-order chi connectivity index (χ1) is 14.5. The molecule has 0 fully saturated rings. The minimum Gasteiger partial charge on any atom is -0.505 e. The third-order valence-corrected chi connectivity index (χ3v) is 5.10. The van der Waals surface area contributed by atoms with E-state index in [0.29, 0.717) is 27.8 Å². The summed E-state index contributed by atoms with van der Waals surface area (Å²) in [5.41, 5.74) is 17.2. The van der Waals surface area contributed by atoms with Crippen molar-refractivity contribution in [1.29, 1.82) is 0 Å². The monoisotopic (exact) mass is 392 g/mol. The lowest BCUT2D eigenvalue weighted by Crippen LogP contribution is -1.98. The molecule has 0 spiro atoms. The number of nitrogen functional groups attached to an aromatic ring is 2. The van der Waals surface area contributed by atoms with Crippen molar-refractivity contribution in [2.24, 2.45) is 0 Å². The van der Waals surface area contributed by atoms with E-state index in [4.69, 9.17) is 17.9 Å². The van der Waals surface area contributed by atoms with Crippen LogP contribution in [0, 0.1) is 12.3 Å². The normalized spacial score (nSPS) is 10.5. The quantitative estimate of drug-likeness (QED) is 0.218. The molecular weight excluding hydrogens is 372 g/mol. The Morgan fingerprint density at radius 1 is 0.633 bits per heavy atom. The number of anilines is 2. The smallest absolute Gasteiger partial charge is 0.147 e. The molecule has 0 saturated carbocycles. The zero-order valence-corrected chi connectivity index (χ0v) is 16.1. The molecule has 0 aliphatic carbocycles. The van der Waals surface area contributed by atoms with E-state index in [1.165, 1.54) is 0 Å². The number of terminal acetylenes is 1. The molecule has 6 N–H and O–H groups in total. The van der Waals surface area contributed by atoms with Crippen LogP contribution < -0.4 is 11.5 Å². The van der Waals surface area contributed by atoms with Crippen molar-refractivity contribution >= 4 is 11.4 Å². The van der Waals surface area contributed by atoms with Gasteiger partial charge >= 0.3 is 0 Å². The van der Waals surface area contributed by atoms with Gasteiger partial charge in [0.05, 0.1) is 16.9 Å². The van der Waals surface area contributed by atoms with Gasteiger partial charge in [-0.3, -0.25) is 0 Å². The number of benzene rings is 4. The molecule has 4 aromatic carbocycles. The lowest BCUT2D eigenvalue weighted by molar-refractivity contribution is 0.479. The third kappa shape index (κ3) is 3.19. The number of hydrogen-bond donors (Lipinski definition) is 4. The highest BCUT2D eigenvalue weighted by Crippen LogP contribution is 2.44. The van der Waals surface area contributed by atoms with Crippen LogP contribution >= 0.6 is 0 Å². The predicted molar refractivity (Wildman–Crippen MR) is 123 cm³/mol. The Hall–Kier alpha value is -4.36. The van der Waals surface area contributed by atoms with Gasteiger partial charge in [-0.05, 0) is 34.9 Å². The molecule has 0 saturated heterocycles. The van der Waals surface area contributed by atoms with Gasteiger partial charge in [-0.2, -0.15) is 0 Å². The summed E-state index contributed by atoms with van der Waals surface area (Å²) in [5, 5.41) is 21.2. The molecule has 146 valence electrons. The zero-order valence-electron chi connectivity index (χ0n) is 16.1. The van der Waals surface area contributed by atoms with E-state index >= 15 is 0 Å². The summed E-state index contributed by atoms with van der Waals surface area (Å²) in [4.78, 5) is 0. The maximum Gasteiger partial charge on any atom is 0.147 e. The van der Waals surface area contributed by atoms with Gasteiger partial charge in [-0.25, -0.2) is 0 Å². The molecule has 0 bridgehead atoms. The van der Waals surface area contributed by atoms with Gasteiger partial charge in [0.15, 0.2) is 0 Å². The SMILES string of the molecule is C#Cc1c(-c2cc(N)c(O)c(-c3ccccc3)c2)cc(-c2ccccc2)c(O)c1N. The van der Waals surface area contributed by atoms with Crippen molar-refractivity contribution in [2.75, 3.05) is 11.5 Å². The lowest BCUT2D eigenvalue weighted by atomic mass is 9.90. The van der Waals surface area contributed by atoms with Gasteiger partial charge in [-0.15, -0.1) is 6.42 Å². The molecule has 0 amide bonds. The molecule has 0 unspecified atom stereocenters. The molecule has 0 radical (unpaired) electrons. The van der Waals surface area contributed by atoms with E-state index in [0.717, 1.165) is 11.1 Å². The first-order valence-electron chi connectivity index (χ1n) is 9.37. The van der Waals surface area contributed by atoms with Crippen LogP contribution in [0.15, 0.2) is 78.9 Å². The molecule has 0 atom stereocenters. The highest BCUT2D eigenvalue weighted by Gasteiger charge is 2.19. The fourth-order valence-corrected chi connectivity index (χ4v) is 3.56. The third-order valence-electron chi connectivity index (χ3n) is 5.10.